The number of hydrogen-bond acceptors (Lipinski definition) is 5. The van der Waals surface area contributed by atoms with Crippen molar-refractivity contribution in [2.45, 2.75) is 31.5 Å². The van der Waals surface area contributed by atoms with Crippen LogP contribution in [0.3, 0.4) is 0 Å². The Hall–Kier alpha value is -4.13. The molecule has 1 fully saturated rings. The summed E-state index contributed by atoms with van der Waals surface area (Å²) in [4.78, 5) is 31.2. The number of pyridine rings is 1. The van der Waals surface area contributed by atoms with Crippen LogP contribution in [-0.4, -0.2) is 43.7 Å². The van der Waals surface area contributed by atoms with Gasteiger partial charge in [-0.15, -0.1) is 0 Å². The zero-order valence-electron chi connectivity index (χ0n) is 21.0. The highest BCUT2D eigenvalue weighted by Gasteiger charge is 2.41. The van der Waals surface area contributed by atoms with Gasteiger partial charge in [0.15, 0.2) is 0 Å². The molecule has 4 rings (SSSR count). The number of nitrogens with one attached hydrogen (secondary N) is 3. The molecule has 0 saturated carbocycles. The number of halogens is 3. The minimum Gasteiger partial charge on any atom is -0.324 e. The quantitative estimate of drug-likeness (QED) is 0.398. The van der Waals surface area contributed by atoms with Crippen LogP contribution in [0.5, 0.6) is 0 Å². The first kappa shape index (κ1) is 27.9. The lowest BCUT2D eigenvalue weighted by molar-refractivity contribution is -0.137. The molecular weight excluding hydrogens is 535 g/mol. The van der Waals surface area contributed by atoms with Gasteiger partial charge in [-0.2, -0.15) is 13.2 Å². The second-order valence-corrected chi connectivity index (χ2v) is 11.1. The van der Waals surface area contributed by atoms with Gasteiger partial charge in [-0.1, -0.05) is 30.3 Å². The topological polar surface area (TPSA) is 120 Å². The van der Waals surface area contributed by atoms with Crippen molar-refractivity contribution < 1.29 is 31.2 Å². The number of carbonyl (C=O) groups excluding carboxylic acids is 2. The number of carbonyl (C=O) groups is 2. The summed E-state index contributed by atoms with van der Waals surface area (Å²) in [5.74, 6) is -0.443. The van der Waals surface area contributed by atoms with Crippen molar-refractivity contribution in [3.05, 3.63) is 72.4 Å². The molecule has 1 atom stereocenters. The molecule has 39 heavy (non-hydrogen) atoms. The number of urea groups is 1. The Bertz CT molecular complexity index is 1480. The fourth-order valence-electron chi connectivity index (χ4n) is 4.34. The van der Waals surface area contributed by atoms with E-state index in [0.717, 1.165) is 24.0 Å². The lowest BCUT2D eigenvalue weighted by Crippen LogP contribution is -2.61. The summed E-state index contributed by atoms with van der Waals surface area (Å²) < 4.78 is 64.2. The number of nitrogens with zero attached hydrogens (tertiary/aromatic N) is 2. The predicted octanol–water partition coefficient (Wildman–Crippen LogP) is 4.85. The average molecular weight is 562 g/mol. The number of aromatic nitrogens is 1. The predicted molar refractivity (Wildman–Crippen MR) is 142 cm³/mol. The number of para-hydroxylation sites is 1. The minimum atomic E-state index is -4.55. The van der Waals surface area contributed by atoms with Gasteiger partial charge in [-0.05, 0) is 55.7 Å². The minimum absolute atomic E-state index is 0.0922. The summed E-state index contributed by atoms with van der Waals surface area (Å²) in [6, 6.07) is 15.0. The van der Waals surface area contributed by atoms with Gasteiger partial charge in [0.25, 0.3) is 5.91 Å². The highest BCUT2D eigenvalue weighted by molar-refractivity contribution is 7.92. The Balaban J connectivity index is 1.47. The third-order valence-corrected chi connectivity index (χ3v) is 6.80. The van der Waals surface area contributed by atoms with E-state index in [2.05, 4.69) is 20.3 Å². The number of benzene rings is 2. The average Bonchev–Trinajstić information content (AvgIpc) is 2.85. The second kappa shape index (κ2) is 10.6. The van der Waals surface area contributed by atoms with Gasteiger partial charge in [0.2, 0.25) is 10.0 Å². The molecule has 3 aromatic rings. The molecule has 3 amide bonds. The Kier molecular flexibility index (Phi) is 7.55. The summed E-state index contributed by atoms with van der Waals surface area (Å²) >= 11 is 0. The molecule has 2 heterocycles. The van der Waals surface area contributed by atoms with E-state index in [0.29, 0.717) is 42.5 Å². The maximum atomic E-state index is 13.4. The molecule has 2 aromatic carbocycles. The maximum Gasteiger partial charge on any atom is 0.417 e. The number of sulfonamides is 1. The maximum absolute atomic E-state index is 13.4. The largest absolute Gasteiger partial charge is 0.417 e. The van der Waals surface area contributed by atoms with Crippen molar-refractivity contribution >= 4 is 39.2 Å². The van der Waals surface area contributed by atoms with Crippen molar-refractivity contribution in [2.75, 3.05) is 27.7 Å². The van der Waals surface area contributed by atoms with E-state index < -0.39 is 33.3 Å². The molecule has 0 spiro atoms. The Morgan fingerprint density at radius 3 is 2.36 bits per heavy atom. The van der Waals surface area contributed by atoms with E-state index in [1.807, 2.05) is 0 Å². The number of hydrogen-bond donors (Lipinski definition) is 3. The molecule has 9 nitrogen and oxygen atoms in total. The van der Waals surface area contributed by atoms with Gasteiger partial charge in [0.1, 0.15) is 11.4 Å². The summed E-state index contributed by atoms with van der Waals surface area (Å²) in [6.45, 7) is 2.01. The molecule has 206 valence electrons. The summed E-state index contributed by atoms with van der Waals surface area (Å²) in [5.41, 5.74) is 0.208. The molecule has 3 N–H and O–H groups in total. The third-order valence-electron chi connectivity index (χ3n) is 6.21. The zero-order chi connectivity index (χ0) is 28.4. The lowest BCUT2D eigenvalue weighted by Gasteiger charge is -2.39. The molecule has 0 aliphatic carbocycles. The molecule has 0 radical (unpaired) electrons. The molecule has 0 unspecified atom stereocenters. The first-order valence-electron chi connectivity index (χ1n) is 11.9. The van der Waals surface area contributed by atoms with Crippen molar-refractivity contribution in [1.82, 2.24) is 10.3 Å². The van der Waals surface area contributed by atoms with Crippen LogP contribution >= 0.6 is 0 Å². The van der Waals surface area contributed by atoms with Crippen LogP contribution in [0.4, 0.5) is 35.2 Å². The van der Waals surface area contributed by atoms with Gasteiger partial charge >= 0.3 is 12.2 Å². The van der Waals surface area contributed by atoms with E-state index >= 15 is 0 Å². The SMILES string of the molecule is C[C@]1(NC(=O)Nc2ccc(C(F)(F)F)cn2)CCCN(c2ccc(-c3ccccc3NS(C)(=O)=O)cc2)C1=O. The smallest absolute Gasteiger partial charge is 0.324 e. The van der Waals surface area contributed by atoms with Gasteiger partial charge in [-0.25, -0.2) is 18.2 Å². The second-order valence-electron chi connectivity index (χ2n) is 9.37. The number of amides is 3. The van der Waals surface area contributed by atoms with Crippen molar-refractivity contribution in [3.8, 4) is 11.1 Å². The lowest BCUT2D eigenvalue weighted by atomic mass is 9.89. The molecule has 1 aliphatic rings. The van der Waals surface area contributed by atoms with E-state index in [4.69, 9.17) is 0 Å². The van der Waals surface area contributed by atoms with Gasteiger partial charge in [-0.3, -0.25) is 14.8 Å². The molecule has 0 bridgehead atoms. The van der Waals surface area contributed by atoms with Crippen molar-refractivity contribution in [2.24, 2.45) is 0 Å². The standard InChI is InChI=1S/C26H26F3N5O4S/c1-25(32-24(36)31-22-13-10-18(16-30-22)26(27,28)29)14-5-15-34(23(25)35)19-11-8-17(9-12-19)20-6-3-4-7-21(20)33-39(2,37)38/h3-4,6-13,16,33H,5,14-15H2,1-2H3,(H2,30,31,32,36)/t25-/m0/s1. The van der Waals surface area contributed by atoms with Crippen LogP contribution in [0.25, 0.3) is 11.1 Å². The third kappa shape index (κ3) is 6.66. The Labute approximate surface area is 223 Å². The van der Waals surface area contributed by atoms with Crippen LogP contribution in [-0.2, 0) is 21.0 Å². The fourth-order valence-corrected chi connectivity index (χ4v) is 4.92. The summed E-state index contributed by atoms with van der Waals surface area (Å²) in [6.07, 6.45) is -1.92. The van der Waals surface area contributed by atoms with Crippen molar-refractivity contribution in [3.63, 3.8) is 0 Å². The van der Waals surface area contributed by atoms with Crippen molar-refractivity contribution in [1.29, 1.82) is 0 Å². The normalized spacial score (nSPS) is 18.0. The first-order chi connectivity index (χ1) is 18.2. The number of rotatable bonds is 6. The Morgan fingerprint density at radius 2 is 1.74 bits per heavy atom. The highest BCUT2D eigenvalue weighted by atomic mass is 32.2. The van der Waals surface area contributed by atoms with Crippen LogP contribution in [0, 0.1) is 0 Å². The number of anilines is 3. The van der Waals surface area contributed by atoms with Gasteiger partial charge < -0.3 is 10.2 Å². The summed E-state index contributed by atoms with van der Waals surface area (Å²) in [5, 5.41) is 5.00. The van der Waals surface area contributed by atoms with E-state index in [-0.39, 0.29) is 11.7 Å². The number of alkyl halides is 3. The van der Waals surface area contributed by atoms with Crippen LogP contribution in [0.15, 0.2) is 66.9 Å². The molecular formula is C26H26F3N5O4S. The molecule has 13 heteroatoms. The van der Waals surface area contributed by atoms with Gasteiger partial charge in [0.05, 0.1) is 17.5 Å². The fraction of sp³-hybridized carbons (Fsp3) is 0.269. The van der Waals surface area contributed by atoms with E-state index in [1.165, 1.54) is 0 Å². The van der Waals surface area contributed by atoms with E-state index in [1.54, 1.807) is 60.4 Å². The highest BCUT2D eigenvalue weighted by Crippen LogP contribution is 2.33. The van der Waals surface area contributed by atoms with Crippen LogP contribution < -0.4 is 20.3 Å². The summed E-state index contributed by atoms with van der Waals surface area (Å²) in [7, 11) is -3.48. The molecule has 1 aromatic heterocycles. The first-order valence-corrected chi connectivity index (χ1v) is 13.8. The van der Waals surface area contributed by atoms with Gasteiger partial charge in [0, 0.05) is 24.0 Å². The van der Waals surface area contributed by atoms with Crippen LogP contribution in [0.1, 0.15) is 25.3 Å². The zero-order valence-corrected chi connectivity index (χ0v) is 21.9. The monoisotopic (exact) mass is 561 g/mol. The van der Waals surface area contributed by atoms with Crippen LogP contribution in [0.2, 0.25) is 0 Å². The molecule has 1 aliphatic heterocycles. The van der Waals surface area contributed by atoms with E-state index in [9.17, 15) is 31.2 Å². The Morgan fingerprint density at radius 1 is 1.05 bits per heavy atom. The molecule has 1 saturated heterocycles. The number of piperidine rings is 1.